The number of hydrogen-bond acceptors (Lipinski definition) is 6. The van der Waals surface area contributed by atoms with Crippen LogP contribution in [0.25, 0.3) is 0 Å². The van der Waals surface area contributed by atoms with Crippen LogP contribution in [0.3, 0.4) is 0 Å². The van der Waals surface area contributed by atoms with Crippen LogP contribution in [-0.2, 0) is 10.0 Å². The third-order valence-corrected chi connectivity index (χ3v) is 4.64. The molecule has 112 valence electrons. The number of sulfonamides is 1. The van der Waals surface area contributed by atoms with Gasteiger partial charge in [0.25, 0.3) is 0 Å². The Morgan fingerprint density at radius 1 is 1.35 bits per heavy atom. The number of hydrogen-bond donors (Lipinski definition) is 1. The van der Waals surface area contributed by atoms with Crippen LogP contribution < -0.4 is 10.2 Å². The third kappa shape index (κ3) is 3.50. The summed E-state index contributed by atoms with van der Waals surface area (Å²) in [6.45, 7) is 4.70. The summed E-state index contributed by atoms with van der Waals surface area (Å²) in [6.07, 6.45) is 2.79. The molecule has 0 bridgehead atoms. The maximum Gasteiger partial charge on any atom is 0.224 e. The first-order chi connectivity index (χ1) is 9.41. The van der Waals surface area contributed by atoms with E-state index in [2.05, 4.69) is 15.3 Å². The fourth-order valence-corrected chi connectivity index (χ4v) is 3.09. The molecule has 2 rings (SSSR count). The van der Waals surface area contributed by atoms with E-state index in [-0.39, 0.29) is 0 Å². The Hall–Kier alpha value is -1.12. The second kappa shape index (κ2) is 6.11. The molecule has 0 amide bonds. The molecule has 1 aliphatic rings. The molecular weight excluding hydrogens is 302 g/mol. The second-order valence-electron chi connectivity index (χ2n) is 4.54. The van der Waals surface area contributed by atoms with E-state index in [0.717, 1.165) is 6.54 Å². The maximum absolute atomic E-state index is 11.5. The molecule has 1 saturated heterocycles. The van der Waals surface area contributed by atoms with E-state index in [1.807, 2.05) is 11.8 Å². The molecule has 0 atom stereocenters. The van der Waals surface area contributed by atoms with Gasteiger partial charge >= 0.3 is 0 Å². The summed E-state index contributed by atoms with van der Waals surface area (Å²) >= 11 is 6.13. The van der Waals surface area contributed by atoms with Crippen LogP contribution in [0.4, 0.5) is 11.8 Å². The highest BCUT2D eigenvalue weighted by molar-refractivity contribution is 7.88. The van der Waals surface area contributed by atoms with Gasteiger partial charge < -0.3 is 10.2 Å². The normalized spacial score (nSPS) is 17.2. The molecule has 1 aliphatic heterocycles. The Morgan fingerprint density at radius 2 is 2.00 bits per heavy atom. The van der Waals surface area contributed by atoms with Crippen molar-refractivity contribution < 1.29 is 8.42 Å². The first-order valence-electron chi connectivity index (χ1n) is 6.38. The standard InChI is InChI=1S/C11H18ClN5O2S/c1-3-13-11-14-8-9(12)10(15-11)16-4-6-17(7-5-16)20(2,18)19/h8H,3-7H2,1-2H3,(H,13,14,15). The van der Waals surface area contributed by atoms with Crippen molar-refractivity contribution in [1.29, 1.82) is 0 Å². The van der Waals surface area contributed by atoms with Crippen molar-refractivity contribution in [1.82, 2.24) is 14.3 Å². The van der Waals surface area contributed by atoms with E-state index in [1.165, 1.54) is 10.6 Å². The number of halogens is 1. The van der Waals surface area contributed by atoms with E-state index in [9.17, 15) is 8.42 Å². The lowest BCUT2D eigenvalue weighted by atomic mass is 10.3. The summed E-state index contributed by atoms with van der Waals surface area (Å²) in [6, 6.07) is 0. The average molecular weight is 320 g/mol. The summed E-state index contributed by atoms with van der Waals surface area (Å²) in [5.74, 6) is 1.17. The Bertz CT molecular complexity index is 572. The Morgan fingerprint density at radius 3 is 2.55 bits per heavy atom. The van der Waals surface area contributed by atoms with Gasteiger partial charge in [-0.2, -0.15) is 9.29 Å². The Kier molecular flexibility index (Phi) is 4.66. The number of piperazine rings is 1. The van der Waals surface area contributed by atoms with Gasteiger partial charge in [-0.15, -0.1) is 0 Å². The van der Waals surface area contributed by atoms with Gasteiger partial charge in [0.15, 0.2) is 5.82 Å². The van der Waals surface area contributed by atoms with Crippen LogP contribution in [0.2, 0.25) is 5.02 Å². The molecular formula is C11H18ClN5O2S. The first kappa shape index (κ1) is 15.3. The fourth-order valence-electron chi connectivity index (χ4n) is 2.05. The monoisotopic (exact) mass is 319 g/mol. The molecule has 0 unspecified atom stereocenters. The van der Waals surface area contributed by atoms with Gasteiger partial charge in [-0.25, -0.2) is 13.4 Å². The van der Waals surface area contributed by atoms with Crippen molar-refractivity contribution in [3.05, 3.63) is 11.2 Å². The van der Waals surface area contributed by atoms with Crippen molar-refractivity contribution >= 4 is 33.4 Å². The summed E-state index contributed by atoms with van der Waals surface area (Å²) in [7, 11) is -3.13. The molecule has 7 nitrogen and oxygen atoms in total. The lowest BCUT2D eigenvalue weighted by Crippen LogP contribution is -2.48. The molecule has 1 fully saturated rings. The van der Waals surface area contributed by atoms with Crippen LogP contribution in [-0.4, -0.2) is 61.7 Å². The topological polar surface area (TPSA) is 78.4 Å². The minimum Gasteiger partial charge on any atom is -0.354 e. The molecule has 9 heteroatoms. The van der Waals surface area contributed by atoms with Gasteiger partial charge in [0.05, 0.1) is 12.5 Å². The van der Waals surface area contributed by atoms with E-state index in [1.54, 1.807) is 6.20 Å². The molecule has 1 aromatic heterocycles. The number of anilines is 2. The van der Waals surface area contributed by atoms with Gasteiger partial charge in [0, 0.05) is 32.7 Å². The molecule has 1 aromatic rings. The Balaban J connectivity index is 2.12. The molecule has 0 spiro atoms. The largest absolute Gasteiger partial charge is 0.354 e. The van der Waals surface area contributed by atoms with E-state index in [0.29, 0.717) is 43.0 Å². The van der Waals surface area contributed by atoms with Gasteiger partial charge in [-0.1, -0.05) is 11.6 Å². The van der Waals surface area contributed by atoms with E-state index >= 15 is 0 Å². The third-order valence-electron chi connectivity index (χ3n) is 3.07. The summed E-state index contributed by atoms with van der Waals surface area (Å²) in [5.41, 5.74) is 0. The van der Waals surface area contributed by atoms with Crippen molar-refractivity contribution in [2.45, 2.75) is 6.92 Å². The zero-order chi connectivity index (χ0) is 14.8. The van der Waals surface area contributed by atoms with Crippen molar-refractivity contribution in [2.75, 3.05) is 49.2 Å². The molecule has 0 saturated carbocycles. The number of nitrogens with one attached hydrogen (secondary N) is 1. The molecule has 0 aromatic carbocycles. The van der Waals surface area contributed by atoms with Crippen LogP contribution in [0.1, 0.15) is 6.92 Å². The number of rotatable bonds is 4. The maximum atomic E-state index is 11.5. The summed E-state index contributed by atoms with van der Waals surface area (Å²) in [4.78, 5) is 10.4. The Labute approximate surface area is 124 Å². The molecule has 20 heavy (non-hydrogen) atoms. The molecule has 0 aliphatic carbocycles. The van der Waals surface area contributed by atoms with Crippen LogP contribution in [0, 0.1) is 0 Å². The van der Waals surface area contributed by atoms with Gasteiger partial charge in [0.2, 0.25) is 16.0 Å². The summed E-state index contributed by atoms with van der Waals surface area (Å²) < 4.78 is 24.4. The lowest BCUT2D eigenvalue weighted by Gasteiger charge is -2.34. The highest BCUT2D eigenvalue weighted by Gasteiger charge is 2.25. The minimum atomic E-state index is -3.13. The zero-order valence-electron chi connectivity index (χ0n) is 11.5. The predicted molar refractivity (Wildman–Crippen MR) is 79.8 cm³/mol. The number of nitrogens with zero attached hydrogens (tertiary/aromatic N) is 4. The lowest BCUT2D eigenvalue weighted by molar-refractivity contribution is 0.387. The second-order valence-corrected chi connectivity index (χ2v) is 6.93. The molecule has 0 radical (unpaired) electrons. The number of aromatic nitrogens is 2. The quantitative estimate of drug-likeness (QED) is 0.877. The first-order valence-corrected chi connectivity index (χ1v) is 8.61. The van der Waals surface area contributed by atoms with Crippen molar-refractivity contribution in [3.63, 3.8) is 0 Å². The summed E-state index contributed by atoms with van der Waals surface area (Å²) in [5, 5.41) is 3.51. The average Bonchev–Trinajstić information content (AvgIpc) is 2.40. The van der Waals surface area contributed by atoms with Crippen LogP contribution >= 0.6 is 11.6 Å². The smallest absolute Gasteiger partial charge is 0.224 e. The van der Waals surface area contributed by atoms with E-state index in [4.69, 9.17) is 11.6 Å². The van der Waals surface area contributed by atoms with Gasteiger partial charge in [0.1, 0.15) is 5.02 Å². The van der Waals surface area contributed by atoms with Crippen LogP contribution in [0.15, 0.2) is 6.20 Å². The highest BCUT2D eigenvalue weighted by Crippen LogP contribution is 2.25. The van der Waals surface area contributed by atoms with Crippen molar-refractivity contribution in [2.24, 2.45) is 0 Å². The van der Waals surface area contributed by atoms with Crippen LogP contribution in [0.5, 0.6) is 0 Å². The molecule has 2 heterocycles. The predicted octanol–water partition coefficient (Wildman–Crippen LogP) is 0.643. The molecule has 1 N–H and O–H groups in total. The van der Waals surface area contributed by atoms with Crippen molar-refractivity contribution in [3.8, 4) is 0 Å². The fraction of sp³-hybridized carbons (Fsp3) is 0.636. The zero-order valence-corrected chi connectivity index (χ0v) is 13.1. The SMILES string of the molecule is CCNc1ncc(Cl)c(N2CCN(S(C)(=O)=O)CC2)n1. The minimum absolute atomic E-state index is 0.440. The highest BCUT2D eigenvalue weighted by atomic mass is 35.5. The van der Waals surface area contributed by atoms with E-state index < -0.39 is 10.0 Å². The van der Waals surface area contributed by atoms with Gasteiger partial charge in [-0.3, -0.25) is 0 Å². The van der Waals surface area contributed by atoms with Gasteiger partial charge in [-0.05, 0) is 6.92 Å².